The van der Waals surface area contributed by atoms with E-state index in [0.29, 0.717) is 12.8 Å². The molecular weight excluding hydrogens is 336 g/mol. The molecule has 1 aliphatic heterocycles. The van der Waals surface area contributed by atoms with Gasteiger partial charge in [0.1, 0.15) is 5.75 Å². The molecule has 1 aromatic rings. The van der Waals surface area contributed by atoms with Gasteiger partial charge in [0.15, 0.2) is 0 Å². The number of nitrogens with one attached hydrogen (secondary N) is 1. The number of amides is 2. The zero-order valence-electron chi connectivity index (χ0n) is 12.1. The Morgan fingerprint density at radius 2 is 2.19 bits per heavy atom. The number of likely N-dealkylation sites (N-methyl/N-ethyl adjacent to an activating group) is 1. The van der Waals surface area contributed by atoms with Gasteiger partial charge in [-0.15, -0.1) is 0 Å². The van der Waals surface area contributed by atoms with E-state index in [2.05, 4.69) is 21.2 Å². The van der Waals surface area contributed by atoms with Gasteiger partial charge in [-0.25, -0.2) is 0 Å². The van der Waals surface area contributed by atoms with Crippen LogP contribution in [0, 0.1) is 0 Å². The summed E-state index contributed by atoms with van der Waals surface area (Å²) in [5, 5.41) is 13.3. The van der Waals surface area contributed by atoms with Crippen LogP contribution >= 0.6 is 15.9 Å². The van der Waals surface area contributed by atoms with Crippen LogP contribution in [0.5, 0.6) is 5.75 Å². The number of hydrogen-bond donors (Lipinski definition) is 2. The fourth-order valence-electron chi connectivity index (χ4n) is 2.55. The second kappa shape index (κ2) is 6.58. The smallest absolute Gasteiger partial charge is 0.246 e. The van der Waals surface area contributed by atoms with E-state index in [1.54, 1.807) is 12.1 Å². The summed E-state index contributed by atoms with van der Waals surface area (Å²) >= 11 is 3.39. The maximum Gasteiger partial charge on any atom is 0.246 e. The number of carbonyl (C=O) groups is 2. The Kier molecular flexibility index (Phi) is 5.00. The molecule has 0 saturated carbocycles. The van der Waals surface area contributed by atoms with Crippen LogP contribution in [0.15, 0.2) is 22.7 Å². The van der Waals surface area contributed by atoms with E-state index in [1.165, 1.54) is 11.9 Å². The molecule has 1 saturated heterocycles. The summed E-state index contributed by atoms with van der Waals surface area (Å²) in [6.45, 7) is 1.99. The van der Waals surface area contributed by atoms with Crippen molar-refractivity contribution in [2.45, 2.75) is 38.3 Å². The van der Waals surface area contributed by atoms with Gasteiger partial charge in [-0.2, -0.15) is 0 Å². The summed E-state index contributed by atoms with van der Waals surface area (Å²) in [5.41, 5.74) is 0.749. The molecule has 0 radical (unpaired) electrons. The number of phenols is 1. The maximum absolute atomic E-state index is 12.1. The van der Waals surface area contributed by atoms with Crippen LogP contribution in [-0.2, 0) is 9.59 Å². The minimum Gasteiger partial charge on any atom is -0.508 e. The third-order valence-electron chi connectivity index (χ3n) is 3.83. The fraction of sp³-hybridized carbons (Fsp3) is 0.467. The number of imide groups is 1. The summed E-state index contributed by atoms with van der Waals surface area (Å²) in [5.74, 6) is -0.152. The summed E-state index contributed by atoms with van der Waals surface area (Å²) in [7, 11) is 1.51. The molecule has 5 nitrogen and oxygen atoms in total. The van der Waals surface area contributed by atoms with Gasteiger partial charge in [0.25, 0.3) is 0 Å². The van der Waals surface area contributed by atoms with Gasteiger partial charge in [0.2, 0.25) is 11.8 Å². The van der Waals surface area contributed by atoms with Crippen LogP contribution in [0.3, 0.4) is 0 Å². The van der Waals surface area contributed by atoms with Gasteiger partial charge in [-0.3, -0.25) is 19.8 Å². The largest absolute Gasteiger partial charge is 0.508 e. The van der Waals surface area contributed by atoms with E-state index in [4.69, 9.17) is 0 Å². The Morgan fingerprint density at radius 1 is 1.48 bits per heavy atom. The molecule has 0 aromatic heterocycles. The van der Waals surface area contributed by atoms with E-state index >= 15 is 0 Å². The van der Waals surface area contributed by atoms with Crippen molar-refractivity contribution in [2.24, 2.45) is 0 Å². The van der Waals surface area contributed by atoms with E-state index < -0.39 is 6.04 Å². The van der Waals surface area contributed by atoms with Crippen molar-refractivity contribution in [3.05, 3.63) is 28.2 Å². The summed E-state index contributed by atoms with van der Waals surface area (Å²) < 4.78 is 0.873. The van der Waals surface area contributed by atoms with Crippen molar-refractivity contribution in [3.63, 3.8) is 0 Å². The average molecular weight is 355 g/mol. The molecule has 1 aromatic carbocycles. The Morgan fingerprint density at radius 3 is 2.86 bits per heavy atom. The lowest BCUT2D eigenvalue weighted by Gasteiger charge is -2.31. The zero-order valence-corrected chi connectivity index (χ0v) is 13.7. The van der Waals surface area contributed by atoms with Crippen LogP contribution in [0.2, 0.25) is 0 Å². The molecule has 2 amide bonds. The van der Waals surface area contributed by atoms with Crippen LogP contribution in [-0.4, -0.2) is 34.9 Å². The highest BCUT2D eigenvalue weighted by Crippen LogP contribution is 2.30. The van der Waals surface area contributed by atoms with Gasteiger partial charge in [-0.05, 0) is 31.0 Å². The molecule has 0 aliphatic carbocycles. The Hall–Kier alpha value is -1.40. The van der Waals surface area contributed by atoms with Crippen LogP contribution < -0.4 is 5.32 Å². The Balaban J connectivity index is 2.18. The fourth-order valence-corrected chi connectivity index (χ4v) is 2.92. The van der Waals surface area contributed by atoms with E-state index in [9.17, 15) is 14.7 Å². The summed E-state index contributed by atoms with van der Waals surface area (Å²) in [4.78, 5) is 24.8. The molecule has 114 valence electrons. The quantitative estimate of drug-likeness (QED) is 0.814. The van der Waals surface area contributed by atoms with Gasteiger partial charge in [0, 0.05) is 29.5 Å². The highest BCUT2D eigenvalue weighted by molar-refractivity contribution is 9.10. The third-order valence-corrected chi connectivity index (χ3v) is 4.32. The van der Waals surface area contributed by atoms with Crippen molar-refractivity contribution in [1.82, 2.24) is 10.2 Å². The van der Waals surface area contributed by atoms with E-state index in [-0.39, 0.29) is 23.6 Å². The second-order valence-corrected chi connectivity index (χ2v) is 6.13. The van der Waals surface area contributed by atoms with Crippen molar-refractivity contribution in [3.8, 4) is 5.75 Å². The molecular formula is C15H19BrN2O3. The first-order valence-corrected chi connectivity index (χ1v) is 7.78. The highest BCUT2D eigenvalue weighted by Gasteiger charge is 2.33. The molecule has 6 heteroatoms. The lowest BCUT2D eigenvalue weighted by molar-refractivity contribution is -0.148. The second-order valence-electron chi connectivity index (χ2n) is 5.21. The molecule has 1 heterocycles. The third kappa shape index (κ3) is 3.44. The van der Waals surface area contributed by atoms with Gasteiger partial charge < -0.3 is 5.11 Å². The van der Waals surface area contributed by atoms with Crippen molar-refractivity contribution in [2.75, 3.05) is 7.05 Å². The van der Waals surface area contributed by atoms with Gasteiger partial charge in [0.05, 0.1) is 6.04 Å². The topological polar surface area (TPSA) is 69.6 Å². The van der Waals surface area contributed by atoms with Crippen LogP contribution in [0.25, 0.3) is 0 Å². The predicted molar refractivity (Wildman–Crippen MR) is 82.8 cm³/mol. The van der Waals surface area contributed by atoms with Gasteiger partial charge >= 0.3 is 0 Å². The lowest BCUT2D eigenvalue weighted by Crippen LogP contribution is -2.52. The Labute approximate surface area is 132 Å². The first kappa shape index (κ1) is 16.0. The maximum atomic E-state index is 12.1. The summed E-state index contributed by atoms with van der Waals surface area (Å²) in [6, 6.07) is 4.71. The number of nitrogens with zero attached hydrogens (tertiary/aromatic N) is 1. The van der Waals surface area contributed by atoms with Crippen molar-refractivity contribution < 1.29 is 14.7 Å². The molecule has 2 atom stereocenters. The molecule has 2 N–H and O–H groups in total. The minimum absolute atomic E-state index is 0.141. The SMILES string of the molecule is CCC(NC1CCC(=O)N(C)C1=O)c1cc(Br)ccc1O. The molecule has 21 heavy (non-hydrogen) atoms. The standard InChI is InChI=1S/C15H19BrN2O3/c1-3-11(10-8-9(16)4-6-13(10)19)17-12-5-7-14(20)18(2)15(12)21/h4,6,8,11-12,17,19H,3,5,7H2,1-2H3. The van der Waals surface area contributed by atoms with E-state index in [1.807, 2.05) is 13.0 Å². The molecule has 0 spiro atoms. The monoisotopic (exact) mass is 354 g/mol. The molecule has 2 rings (SSSR count). The summed E-state index contributed by atoms with van der Waals surface area (Å²) in [6.07, 6.45) is 1.58. The van der Waals surface area contributed by atoms with Crippen LogP contribution in [0.4, 0.5) is 0 Å². The van der Waals surface area contributed by atoms with Crippen molar-refractivity contribution >= 4 is 27.7 Å². The van der Waals surface area contributed by atoms with Crippen molar-refractivity contribution in [1.29, 1.82) is 0 Å². The first-order valence-electron chi connectivity index (χ1n) is 6.99. The van der Waals surface area contributed by atoms with Gasteiger partial charge in [-0.1, -0.05) is 22.9 Å². The molecule has 2 unspecified atom stereocenters. The number of rotatable bonds is 4. The predicted octanol–water partition coefficient (Wildman–Crippen LogP) is 2.34. The molecule has 1 aliphatic rings. The first-order chi connectivity index (χ1) is 9.93. The number of likely N-dealkylation sites (tertiary alicyclic amines) is 1. The lowest BCUT2D eigenvalue weighted by atomic mass is 9.98. The number of hydrogen-bond acceptors (Lipinski definition) is 4. The minimum atomic E-state index is -0.393. The van der Waals surface area contributed by atoms with E-state index in [0.717, 1.165) is 16.5 Å². The number of phenolic OH excluding ortho intramolecular Hbond substituents is 1. The number of carbonyl (C=O) groups excluding carboxylic acids is 2. The zero-order chi connectivity index (χ0) is 15.6. The normalized spacial score (nSPS) is 20.7. The number of benzene rings is 1. The van der Waals surface area contributed by atoms with Crippen LogP contribution in [0.1, 0.15) is 37.8 Å². The highest BCUT2D eigenvalue weighted by atomic mass is 79.9. The number of piperidine rings is 1. The average Bonchev–Trinajstić information content (AvgIpc) is 2.47. The molecule has 1 fully saturated rings. The molecule has 0 bridgehead atoms. The number of halogens is 1. The number of aromatic hydroxyl groups is 1. The Bertz CT molecular complexity index is 562.